The first-order valence-electron chi connectivity index (χ1n) is 22.1. The number of hydrogen-bond donors (Lipinski definition) is 0. The van der Waals surface area contributed by atoms with Crippen molar-refractivity contribution < 1.29 is 4.42 Å². The number of nitrogens with zero attached hydrogens (tertiary/aromatic N) is 2. The van der Waals surface area contributed by atoms with Crippen molar-refractivity contribution in [1.82, 2.24) is 10.2 Å². The minimum Gasteiger partial charge on any atom is -0.416 e. The average Bonchev–Trinajstić information content (AvgIpc) is 4.04. The number of rotatable bonds is 6. The van der Waals surface area contributed by atoms with E-state index in [9.17, 15) is 0 Å². The molecule has 10 aromatic rings. The van der Waals surface area contributed by atoms with E-state index in [1.54, 1.807) is 0 Å². The Bertz CT molecular complexity index is 3240. The lowest BCUT2D eigenvalue weighted by molar-refractivity contribution is 0.582. The molecule has 12 rings (SSSR count). The highest BCUT2D eigenvalue weighted by molar-refractivity contribution is 5.97. The molecule has 0 atom stereocenters. The molecule has 64 heavy (non-hydrogen) atoms. The molecule has 0 aliphatic heterocycles. The molecule has 3 nitrogen and oxygen atoms in total. The zero-order valence-corrected chi connectivity index (χ0v) is 36.0. The maximum absolute atomic E-state index is 6.52. The second-order valence-corrected chi connectivity index (χ2v) is 18.2. The molecule has 9 aromatic carbocycles. The van der Waals surface area contributed by atoms with Crippen molar-refractivity contribution in [1.29, 1.82) is 0 Å². The van der Waals surface area contributed by atoms with Crippen LogP contribution in [0.2, 0.25) is 0 Å². The molecular weight excluding hydrogens is 777 g/mol. The molecule has 1 heterocycles. The summed E-state index contributed by atoms with van der Waals surface area (Å²) < 4.78 is 6.52. The van der Waals surface area contributed by atoms with Crippen LogP contribution in [0.15, 0.2) is 217 Å². The summed E-state index contributed by atoms with van der Waals surface area (Å²) in [5, 5.41) is 9.23. The zero-order chi connectivity index (χ0) is 43.0. The van der Waals surface area contributed by atoms with Gasteiger partial charge in [0.15, 0.2) is 0 Å². The van der Waals surface area contributed by atoms with Gasteiger partial charge in [0.2, 0.25) is 11.8 Å². The van der Waals surface area contributed by atoms with Gasteiger partial charge in [-0.1, -0.05) is 197 Å². The lowest BCUT2D eigenvalue weighted by Crippen LogP contribution is -2.26. The Hall–Kier alpha value is -7.88. The van der Waals surface area contributed by atoms with Gasteiger partial charge < -0.3 is 4.42 Å². The van der Waals surface area contributed by atoms with Crippen LogP contribution in [0, 0.1) is 0 Å². The molecule has 0 fully saturated rings. The summed E-state index contributed by atoms with van der Waals surface area (Å²) in [4.78, 5) is 0. The highest BCUT2D eigenvalue weighted by Crippen LogP contribution is 2.64. The first kappa shape index (κ1) is 37.8. The molecule has 304 valence electrons. The predicted octanol–water partition coefficient (Wildman–Crippen LogP) is 15.7. The summed E-state index contributed by atoms with van der Waals surface area (Å²) in [5.41, 5.74) is 22.1. The van der Waals surface area contributed by atoms with Gasteiger partial charge in [-0.05, 0) is 136 Å². The predicted molar refractivity (Wildman–Crippen MR) is 262 cm³/mol. The quantitative estimate of drug-likeness (QED) is 0.168. The molecule has 0 radical (unpaired) electrons. The molecule has 0 saturated heterocycles. The number of benzene rings is 9. The van der Waals surface area contributed by atoms with Gasteiger partial charge >= 0.3 is 0 Å². The SMILES string of the molecule is CC(C)(C)c1ccc(-c2nnc(-c3ccc4c(c3)C3(c5ccccc5-4)c4cc(-c5ccc(-c6ccccc6)cc5)ccc4-c4ccc(-c5ccc(-c6ccccc6)cc5)cc43)o2)cc1. The normalized spacial score (nSPS) is 13.0. The highest BCUT2D eigenvalue weighted by atomic mass is 16.4. The molecule has 0 N–H and O–H groups in total. The van der Waals surface area contributed by atoms with Crippen molar-refractivity contribution in [2.45, 2.75) is 31.6 Å². The Morgan fingerprint density at radius 2 is 0.656 bits per heavy atom. The maximum atomic E-state index is 6.52. The lowest BCUT2D eigenvalue weighted by atomic mass is 9.69. The van der Waals surface area contributed by atoms with E-state index in [1.165, 1.54) is 94.6 Å². The average molecular weight is 821 g/mol. The molecule has 2 aliphatic rings. The van der Waals surface area contributed by atoms with Gasteiger partial charge in [0.05, 0.1) is 5.41 Å². The van der Waals surface area contributed by atoms with E-state index in [-0.39, 0.29) is 5.41 Å². The summed E-state index contributed by atoms with van der Waals surface area (Å²) >= 11 is 0. The molecular formula is C61H44N2O. The second-order valence-electron chi connectivity index (χ2n) is 18.2. The standard InChI is InChI=1S/C61H44N2O/c1-60(2,3)49-31-26-45(27-32-49)58-62-63-59(64-58)48-30-35-51-50-16-10-11-17-54(50)61(57(51)38-48)55-36-46(43-22-18-41(19-23-43)39-12-6-4-7-13-39)28-33-52(55)53-34-29-47(37-56(53)61)44-24-20-42(21-25-44)40-14-8-5-9-15-40/h4-38H,1-3H3. The van der Waals surface area contributed by atoms with E-state index < -0.39 is 5.41 Å². The van der Waals surface area contributed by atoms with Crippen LogP contribution in [0.4, 0.5) is 0 Å². The van der Waals surface area contributed by atoms with Crippen LogP contribution in [-0.4, -0.2) is 10.2 Å². The Morgan fingerprint density at radius 1 is 0.312 bits per heavy atom. The van der Waals surface area contributed by atoms with Gasteiger partial charge in [0, 0.05) is 11.1 Å². The minimum absolute atomic E-state index is 0.0511. The van der Waals surface area contributed by atoms with Crippen molar-refractivity contribution in [3.05, 3.63) is 240 Å². The molecule has 3 heteroatoms. The van der Waals surface area contributed by atoms with Gasteiger partial charge in [0.1, 0.15) is 0 Å². The zero-order valence-electron chi connectivity index (χ0n) is 36.0. The summed E-state index contributed by atoms with van der Waals surface area (Å²) in [7, 11) is 0. The van der Waals surface area contributed by atoms with Gasteiger partial charge in [0.25, 0.3) is 0 Å². The van der Waals surface area contributed by atoms with Gasteiger partial charge in [-0.3, -0.25) is 0 Å². The van der Waals surface area contributed by atoms with E-state index in [0.717, 1.165) is 11.1 Å². The Balaban J connectivity index is 1.03. The van der Waals surface area contributed by atoms with Gasteiger partial charge in [-0.2, -0.15) is 0 Å². The fourth-order valence-electron chi connectivity index (χ4n) is 10.2. The van der Waals surface area contributed by atoms with Crippen molar-refractivity contribution in [3.63, 3.8) is 0 Å². The smallest absolute Gasteiger partial charge is 0.248 e. The molecule has 0 bridgehead atoms. The van der Waals surface area contributed by atoms with Crippen LogP contribution >= 0.6 is 0 Å². The third-order valence-electron chi connectivity index (χ3n) is 13.5. The van der Waals surface area contributed by atoms with Crippen LogP contribution in [0.1, 0.15) is 48.6 Å². The van der Waals surface area contributed by atoms with E-state index in [1.807, 2.05) is 0 Å². The number of aromatic nitrogens is 2. The first-order valence-corrected chi connectivity index (χ1v) is 22.1. The molecule has 2 aliphatic carbocycles. The van der Waals surface area contributed by atoms with E-state index in [2.05, 4.69) is 243 Å². The molecule has 0 amide bonds. The van der Waals surface area contributed by atoms with Crippen molar-refractivity contribution in [3.8, 4) is 89.7 Å². The number of hydrogen-bond acceptors (Lipinski definition) is 3. The topological polar surface area (TPSA) is 38.9 Å². The minimum atomic E-state index is -0.613. The summed E-state index contributed by atoms with van der Waals surface area (Å²) in [6.45, 7) is 6.67. The van der Waals surface area contributed by atoms with Crippen LogP contribution in [0.25, 0.3) is 89.7 Å². The Morgan fingerprint density at radius 3 is 1.14 bits per heavy atom. The maximum Gasteiger partial charge on any atom is 0.248 e. The van der Waals surface area contributed by atoms with Crippen LogP contribution < -0.4 is 0 Å². The van der Waals surface area contributed by atoms with E-state index in [0.29, 0.717) is 11.8 Å². The van der Waals surface area contributed by atoms with E-state index >= 15 is 0 Å². The monoisotopic (exact) mass is 820 g/mol. The molecule has 0 saturated carbocycles. The largest absolute Gasteiger partial charge is 0.416 e. The molecule has 1 aromatic heterocycles. The van der Waals surface area contributed by atoms with Crippen LogP contribution in [0.5, 0.6) is 0 Å². The van der Waals surface area contributed by atoms with Gasteiger partial charge in [-0.15, -0.1) is 10.2 Å². The fraction of sp³-hybridized carbons (Fsp3) is 0.0820. The van der Waals surface area contributed by atoms with Crippen molar-refractivity contribution in [2.75, 3.05) is 0 Å². The van der Waals surface area contributed by atoms with Crippen molar-refractivity contribution in [2.24, 2.45) is 0 Å². The Kier molecular flexibility index (Phi) is 8.64. The third-order valence-corrected chi connectivity index (χ3v) is 13.5. The lowest BCUT2D eigenvalue weighted by Gasteiger charge is -2.31. The van der Waals surface area contributed by atoms with E-state index in [4.69, 9.17) is 4.42 Å². The Labute approximate surface area is 374 Å². The molecule has 1 spiro atoms. The summed E-state index contributed by atoms with van der Waals surface area (Å²) in [6, 6.07) is 77.5. The second kappa shape index (κ2) is 14.6. The fourth-order valence-corrected chi connectivity index (χ4v) is 10.2. The highest BCUT2D eigenvalue weighted by Gasteiger charge is 2.52. The van der Waals surface area contributed by atoms with Crippen molar-refractivity contribution >= 4 is 0 Å². The third kappa shape index (κ3) is 6.03. The summed E-state index contributed by atoms with van der Waals surface area (Å²) in [5.74, 6) is 1.01. The number of fused-ring (bicyclic) bond motifs is 10. The molecule has 0 unspecified atom stereocenters. The van der Waals surface area contributed by atoms with Crippen LogP contribution in [0.3, 0.4) is 0 Å². The van der Waals surface area contributed by atoms with Crippen LogP contribution in [-0.2, 0) is 10.8 Å². The summed E-state index contributed by atoms with van der Waals surface area (Å²) in [6.07, 6.45) is 0. The van der Waals surface area contributed by atoms with Gasteiger partial charge in [-0.25, -0.2) is 0 Å². The first-order chi connectivity index (χ1) is 31.3.